The second-order valence-corrected chi connectivity index (χ2v) is 7.53. The number of fused-ring (bicyclic) bond motifs is 3. The van der Waals surface area contributed by atoms with Crippen LogP contribution < -0.4 is 15.0 Å². The number of ether oxygens (including phenoxy) is 1. The van der Waals surface area contributed by atoms with Crippen LogP contribution in [0.3, 0.4) is 0 Å². The van der Waals surface area contributed by atoms with Crippen molar-refractivity contribution in [2.45, 2.75) is 18.4 Å². The fourth-order valence-corrected chi connectivity index (χ4v) is 5.10. The number of nitrogens with zero attached hydrogens (tertiary/aromatic N) is 1. The van der Waals surface area contributed by atoms with Gasteiger partial charge in [-0.25, -0.2) is 0 Å². The number of hydrogen-bond acceptors (Lipinski definition) is 3. The van der Waals surface area contributed by atoms with Crippen LogP contribution in [-0.2, 0) is 0 Å². The Morgan fingerprint density at radius 3 is 2.83 bits per heavy atom. The molecule has 3 nitrogen and oxygen atoms in total. The maximum absolute atomic E-state index is 6.44. The van der Waals surface area contributed by atoms with E-state index in [1.807, 2.05) is 18.2 Å². The van der Waals surface area contributed by atoms with Crippen LogP contribution in [-0.4, -0.2) is 32.3 Å². The van der Waals surface area contributed by atoms with Gasteiger partial charge in [-0.2, -0.15) is 0 Å². The summed E-state index contributed by atoms with van der Waals surface area (Å²) in [7, 11) is 0. The summed E-state index contributed by atoms with van der Waals surface area (Å²) in [6, 6.07) is 10.6. The fraction of sp³-hybridized carbons (Fsp3) is 0.368. The average Bonchev–Trinajstić information content (AvgIpc) is 2.91. The van der Waals surface area contributed by atoms with Gasteiger partial charge < -0.3 is 15.0 Å². The van der Waals surface area contributed by atoms with E-state index < -0.39 is 0 Å². The van der Waals surface area contributed by atoms with Crippen molar-refractivity contribution in [3.8, 4) is 16.9 Å². The van der Waals surface area contributed by atoms with Crippen LogP contribution in [0.1, 0.15) is 17.9 Å². The molecule has 124 valence electrons. The third kappa shape index (κ3) is 2.08. The first kappa shape index (κ1) is 14.9. The first-order valence-corrected chi connectivity index (χ1v) is 9.22. The van der Waals surface area contributed by atoms with Gasteiger partial charge in [0.2, 0.25) is 0 Å². The summed E-state index contributed by atoms with van der Waals surface area (Å²) in [4.78, 5) is 2.55. The van der Waals surface area contributed by atoms with E-state index in [2.05, 4.69) is 22.3 Å². The Morgan fingerprint density at radius 1 is 1.17 bits per heavy atom. The highest BCUT2D eigenvalue weighted by Crippen LogP contribution is 2.52. The van der Waals surface area contributed by atoms with Gasteiger partial charge >= 0.3 is 0 Å². The van der Waals surface area contributed by atoms with Crippen LogP contribution in [0, 0.1) is 0 Å². The number of piperidine rings is 1. The minimum absolute atomic E-state index is 0.510. The molecule has 3 aliphatic rings. The lowest BCUT2D eigenvalue weighted by molar-refractivity contribution is 0.295. The molecule has 0 radical (unpaired) electrons. The van der Waals surface area contributed by atoms with Gasteiger partial charge in [0.05, 0.1) is 12.2 Å². The number of benzene rings is 2. The lowest BCUT2D eigenvalue weighted by Gasteiger charge is -2.36. The Hall–Kier alpha value is -1.42. The van der Waals surface area contributed by atoms with E-state index in [4.69, 9.17) is 27.9 Å². The SMILES string of the molecule is Clc1cccc(Cl)c1-c1cc2c3c(c1)[C@@H]1CNCC[C@@H]1N3CCO2. The lowest BCUT2D eigenvalue weighted by Crippen LogP contribution is -2.46. The van der Waals surface area contributed by atoms with Crippen LogP contribution in [0.2, 0.25) is 10.0 Å². The summed E-state index contributed by atoms with van der Waals surface area (Å²) >= 11 is 12.9. The normalized spacial score (nSPS) is 24.3. The molecule has 2 aromatic carbocycles. The number of nitrogens with one attached hydrogen (secondary N) is 1. The number of halogens is 2. The molecule has 0 unspecified atom stereocenters. The topological polar surface area (TPSA) is 24.5 Å². The quantitative estimate of drug-likeness (QED) is 0.819. The van der Waals surface area contributed by atoms with Crippen LogP contribution in [0.4, 0.5) is 5.69 Å². The van der Waals surface area contributed by atoms with E-state index in [-0.39, 0.29) is 0 Å². The molecule has 0 amide bonds. The van der Waals surface area contributed by atoms with E-state index in [1.165, 1.54) is 17.7 Å². The van der Waals surface area contributed by atoms with Crippen LogP contribution in [0.15, 0.2) is 30.3 Å². The summed E-state index contributed by atoms with van der Waals surface area (Å²) in [5.74, 6) is 1.48. The molecule has 1 saturated heterocycles. The summed E-state index contributed by atoms with van der Waals surface area (Å²) in [6.45, 7) is 3.83. The Morgan fingerprint density at radius 2 is 2.00 bits per heavy atom. The fourth-order valence-electron chi connectivity index (χ4n) is 4.48. The number of hydrogen-bond donors (Lipinski definition) is 1. The number of rotatable bonds is 1. The highest BCUT2D eigenvalue weighted by molar-refractivity contribution is 6.39. The van der Waals surface area contributed by atoms with Gasteiger partial charge in [0.25, 0.3) is 0 Å². The van der Waals surface area contributed by atoms with Crippen molar-refractivity contribution in [3.63, 3.8) is 0 Å². The summed E-state index contributed by atoms with van der Waals surface area (Å²) in [6.07, 6.45) is 1.18. The second-order valence-electron chi connectivity index (χ2n) is 6.72. The van der Waals surface area contributed by atoms with E-state index in [1.54, 1.807) is 0 Å². The Kier molecular flexibility index (Phi) is 3.44. The smallest absolute Gasteiger partial charge is 0.143 e. The van der Waals surface area contributed by atoms with Crippen molar-refractivity contribution in [3.05, 3.63) is 45.9 Å². The van der Waals surface area contributed by atoms with Gasteiger partial charge in [-0.3, -0.25) is 0 Å². The maximum Gasteiger partial charge on any atom is 0.143 e. The zero-order valence-electron chi connectivity index (χ0n) is 13.2. The van der Waals surface area contributed by atoms with Gasteiger partial charge in [0, 0.05) is 34.1 Å². The van der Waals surface area contributed by atoms with Gasteiger partial charge in [-0.1, -0.05) is 29.3 Å². The molecule has 1 fully saturated rings. The Balaban J connectivity index is 1.72. The standard InChI is InChI=1S/C19H18Cl2N2O/c20-14-2-1-3-15(21)18(14)11-8-12-13-10-22-5-4-16(13)23-6-7-24-17(9-11)19(12)23/h1-3,8-9,13,16,22H,4-7,10H2/t13-,16-/m0/s1. The Bertz CT molecular complexity index is 803. The Labute approximate surface area is 151 Å². The monoisotopic (exact) mass is 360 g/mol. The van der Waals surface area contributed by atoms with E-state index in [9.17, 15) is 0 Å². The molecule has 5 heteroatoms. The highest BCUT2D eigenvalue weighted by Gasteiger charge is 2.43. The third-order valence-corrected chi connectivity index (χ3v) is 6.11. The molecule has 0 aliphatic carbocycles. The van der Waals surface area contributed by atoms with Crippen LogP contribution in [0.25, 0.3) is 11.1 Å². The van der Waals surface area contributed by atoms with Gasteiger partial charge in [-0.15, -0.1) is 0 Å². The van der Waals surface area contributed by atoms with E-state index >= 15 is 0 Å². The molecule has 0 saturated carbocycles. The first-order chi connectivity index (χ1) is 11.7. The van der Waals surface area contributed by atoms with Crippen molar-refractivity contribution in [1.29, 1.82) is 0 Å². The molecule has 0 spiro atoms. The predicted octanol–water partition coefficient (Wildman–Crippen LogP) is 4.32. The zero-order valence-corrected chi connectivity index (χ0v) is 14.7. The minimum atomic E-state index is 0.510. The average molecular weight is 361 g/mol. The molecular formula is C19H18Cl2N2O. The largest absolute Gasteiger partial charge is 0.490 e. The summed E-state index contributed by atoms with van der Waals surface area (Å²) in [5, 5.41) is 4.90. The predicted molar refractivity (Wildman–Crippen MR) is 98.8 cm³/mol. The minimum Gasteiger partial charge on any atom is -0.490 e. The molecule has 3 heterocycles. The first-order valence-electron chi connectivity index (χ1n) is 8.46. The molecule has 0 aromatic heterocycles. The van der Waals surface area contributed by atoms with Gasteiger partial charge in [-0.05, 0) is 48.4 Å². The maximum atomic E-state index is 6.44. The molecule has 0 bridgehead atoms. The molecule has 24 heavy (non-hydrogen) atoms. The highest BCUT2D eigenvalue weighted by atomic mass is 35.5. The van der Waals surface area contributed by atoms with Crippen molar-refractivity contribution < 1.29 is 4.74 Å². The zero-order chi connectivity index (χ0) is 16.3. The molecule has 2 aromatic rings. The molecule has 3 aliphatic heterocycles. The third-order valence-electron chi connectivity index (χ3n) is 5.48. The van der Waals surface area contributed by atoms with Crippen molar-refractivity contribution >= 4 is 28.9 Å². The molecule has 2 atom stereocenters. The van der Waals surface area contributed by atoms with Crippen molar-refractivity contribution in [1.82, 2.24) is 5.32 Å². The van der Waals surface area contributed by atoms with Gasteiger partial charge in [0.1, 0.15) is 12.4 Å². The summed E-state index contributed by atoms with van der Waals surface area (Å²) in [5.41, 5.74) is 4.60. The van der Waals surface area contributed by atoms with Crippen molar-refractivity contribution in [2.75, 3.05) is 31.1 Å². The second kappa shape index (κ2) is 5.55. The molecule has 5 rings (SSSR count). The van der Waals surface area contributed by atoms with E-state index in [0.717, 1.165) is 43.1 Å². The summed E-state index contributed by atoms with van der Waals surface area (Å²) < 4.78 is 6.01. The van der Waals surface area contributed by atoms with E-state index in [0.29, 0.717) is 22.0 Å². The van der Waals surface area contributed by atoms with Gasteiger partial charge in [0.15, 0.2) is 0 Å². The lowest BCUT2D eigenvalue weighted by atomic mass is 9.88. The van der Waals surface area contributed by atoms with Crippen LogP contribution >= 0.6 is 23.2 Å². The molecule has 1 N–H and O–H groups in total. The number of anilines is 1. The van der Waals surface area contributed by atoms with Crippen LogP contribution in [0.5, 0.6) is 5.75 Å². The molecular weight excluding hydrogens is 343 g/mol. The van der Waals surface area contributed by atoms with Crippen molar-refractivity contribution in [2.24, 2.45) is 0 Å².